The van der Waals surface area contributed by atoms with E-state index in [9.17, 15) is 9.59 Å². The summed E-state index contributed by atoms with van der Waals surface area (Å²) in [5.41, 5.74) is 0.224. The van der Waals surface area contributed by atoms with E-state index in [1.54, 1.807) is 13.0 Å². The molecule has 1 aromatic carbocycles. The van der Waals surface area contributed by atoms with Gasteiger partial charge in [0.25, 0.3) is 5.91 Å². The van der Waals surface area contributed by atoms with E-state index in [0.29, 0.717) is 24.7 Å². The summed E-state index contributed by atoms with van der Waals surface area (Å²) < 4.78 is 10.8. The Kier molecular flexibility index (Phi) is 6.48. The molecule has 1 unspecified atom stereocenters. The zero-order chi connectivity index (χ0) is 15.8. The van der Waals surface area contributed by atoms with Crippen LogP contribution in [0.2, 0.25) is 0 Å². The molecule has 0 aliphatic rings. The van der Waals surface area contributed by atoms with Crippen LogP contribution in [-0.2, 0) is 4.79 Å². The van der Waals surface area contributed by atoms with Gasteiger partial charge in [-0.3, -0.25) is 4.79 Å². The standard InChI is InChI=1S/C14H19NO6/c1-3-20-11-6-5-9(7-12(11)21-4-2)13(17)15-10(8-16)14(18)19/h5-7,10,16H,3-4,8H2,1-2H3,(H,15,17)(H,18,19). The molecule has 0 aliphatic heterocycles. The quantitative estimate of drug-likeness (QED) is 0.651. The number of carboxylic acids is 1. The number of hydrogen-bond acceptors (Lipinski definition) is 5. The molecule has 0 aliphatic carbocycles. The van der Waals surface area contributed by atoms with Crippen molar-refractivity contribution in [3.63, 3.8) is 0 Å². The monoisotopic (exact) mass is 297 g/mol. The highest BCUT2D eigenvalue weighted by Crippen LogP contribution is 2.28. The van der Waals surface area contributed by atoms with E-state index in [2.05, 4.69) is 5.32 Å². The third kappa shape index (κ3) is 4.64. The van der Waals surface area contributed by atoms with Gasteiger partial charge in [0.1, 0.15) is 0 Å². The van der Waals surface area contributed by atoms with Crippen molar-refractivity contribution < 1.29 is 29.3 Å². The fourth-order valence-electron chi connectivity index (χ4n) is 1.62. The Bertz CT molecular complexity index is 502. The van der Waals surface area contributed by atoms with E-state index >= 15 is 0 Å². The Labute approximate surface area is 122 Å². The van der Waals surface area contributed by atoms with Crippen LogP contribution in [-0.4, -0.2) is 48.0 Å². The Morgan fingerprint density at radius 1 is 1.19 bits per heavy atom. The fraction of sp³-hybridized carbons (Fsp3) is 0.429. The van der Waals surface area contributed by atoms with E-state index < -0.39 is 24.5 Å². The molecule has 1 aromatic rings. The predicted molar refractivity (Wildman–Crippen MR) is 74.8 cm³/mol. The van der Waals surface area contributed by atoms with E-state index in [4.69, 9.17) is 19.7 Å². The number of carbonyl (C=O) groups excluding carboxylic acids is 1. The minimum absolute atomic E-state index is 0.224. The second-order valence-electron chi connectivity index (χ2n) is 4.07. The van der Waals surface area contributed by atoms with Crippen molar-refractivity contribution in [3.8, 4) is 11.5 Å². The van der Waals surface area contributed by atoms with E-state index in [-0.39, 0.29) is 5.56 Å². The first-order valence-electron chi connectivity index (χ1n) is 6.57. The molecule has 7 heteroatoms. The number of benzene rings is 1. The zero-order valence-electron chi connectivity index (χ0n) is 12.0. The Balaban J connectivity index is 2.94. The van der Waals surface area contributed by atoms with Gasteiger partial charge in [0, 0.05) is 5.56 Å². The van der Waals surface area contributed by atoms with Crippen LogP contribution < -0.4 is 14.8 Å². The largest absolute Gasteiger partial charge is 0.490 e. The van der Waals surface area contributed by atoms with Crippen LogP contribution in [0.4, 0.5) is 0 Å². The molecule has 116 valence electrons. The fourth-order valence-corrected chi connectivity index (χ4v) is 1.62. The summed E-state index contributed by atoms with van der Waals surface area (Å²) >= 11 is 0. The first kappa shape index (κ1) is 16.8. The average Bonchev–Trinajstić information content (AvgIpc) is 2.46. The van der Waals surface area contributed by atoms with Crippen molar-refractivity contribution in [3.05, 3.63) is 23.8 Å². The molecule has 0 saturated heterocycles. The van der Waals surface area contributed by atoms with Crippen molar-refractivity contribution in [2.75, 3.05) is 19.8 Å². The smallest absolute Gasteiger partial charge is 0.328 e. The predicted octanol–water partition coefficient (Wildman–Crippen LogP) is 0.659. The van der Waals surface area contributed by atoms with Crippen molar-refractivity contribution in [1.82, 2.24) is 5.32 Å². The van der Waals surface area contributed by atoms with Gasteiger partial charge in [-0.15, -0.1) is 0 Å². The summed E-state index contributed by atoms with van der Waals surface area (Å²) in [6.45, 7) is 3.80. The molecule has 1 atom stereocenters. The molecule has 0 spiro atoms. The highest BCUT2D eigenvalue weighted by atomic mass is 16.5. The highest BCUT2D eigenvalue weighted by molar-refractivity contribution is 5.97. The van der Waals surface area contributed by atoms with Crippen molar-refractivity contribution in [1.29, 1.82) is 0 Å². The van der Waals surface area contributed by atoms with Crippen LogP contribution in [0.3, 0.4) is 0 Å². The van der Waals surface area contributed by atoms with Gasteiger partial charge in [-0.05, 0) is 32.0 Å². The summed E-state index contributed by atoms with van der Waals surface area (Å²) in [7, 11) is 0. The lowest BCUT2D eigenvalue weighted by Gasteiger charge is -2.14. The van der Waals surface area contributed by atoms with Gasteiger partial charge in [0.15, 0.2) is 17.5 Å². The Hall–Kier alpha value is -2.28. The van der Waals surface area contributed by atoms with Gasteiger partial charge in [0.2, 0.25) is 0 Å². The maximum atomic E-state index is 12.0. The van der Waals surface area contributed by atoms with Gasteiger partial charge in [-0.1, -0.05) is 0 Å². The maximum Gasteiger partial charge on any atom is 0.328 e. The van der Waals surface area contributed by atoms with Gasteiger partial charge < -0.3 is 25.0 Å². The molecule has 0 fully saturated rings. The molecular weight excluding hydrogens is 278 g/mol. The third-order valence-corrected chi connectivity index (χ3v) is 2.59. The Morgan fingerprint density at radius 3 is 2.33 bits per heavy atom. The van der Waals surface area contributed by atoms with Crippen LogP contribution in [0.5, 0.6) is 11.5 Å². The van der Waals surface area contributed by atoms with Crippen LogP contribution in [0.25, 0.3) is 0 Å². The summed E-state index contributed by atoms with van der Waals surface area (Å²) in [6.07, 6.45) is 0. The number of aliphatic hydroxyl groups excluding tert-OH is 1. The molecule has 21 heavy (non-hydrogen) atoms. The molecule has 0 aromatic heterocycles. The summed E-state index contributed by atoms with van der Waals surface area (Å²) in [5, 5.41) is 19.9. The number of nitrogens with one attached hydrogen (secondary N) is 1. The van der Waals surface area contributed by atoms with Crippen molar-refractivity contribution in [2.45, 2.75) is 19.9 Å². The highest BCUT2D eigenvalue weighted by Gasteiger charge is 2.20. The molecule has 0 radical (unpaired) electrons. The Morgan fingerprint density at radius 2 is 1.81 bits per heavy atom. The number of aliphatic carboxylic acids is 1. The normalized spacial score (nSPS) is 11.6. The average molecular weight is 297 g/mol. The molecule has 1 amide bonds. The van der Waals surface area contributed by atoms with Crippen LogP contribution in [0, 0.1) is 0 Å². The van der Waals surface area contributed by atoms with Gasteiger partial charge in [-0.25, -0.2) is 4.79 Å². The number of aliphatic hydroxyl groups is 1. The second kappa shape index (κ2) is 8.11. The molecule has 3 N–H and O–H groups in total. The van der Waals surface area contributed by atoms with Crippen molar-refractivity contribution in [2.24, 2.45) is 0 Å². The van der Waals surface area contributed by atoms with Gasteiger partial charge in [-0.2, -0.15) is 0 Å². The van der Waals surface area contributed by atoms with Gasteiger partial charge in [0.05, 0.1) is 19.8 Å². The zero-order valence-corrected chi connectivity index (χ0v) is 12.0. The molecular formula is C14H19NO6. The van der Waals surface area contributed by atoms with E-state index in [1.807, 2.05) is 6.92 Å². The number of carboxylic acid groups (broad SMARTS) is 1. The van der Waals surface area contributed by atoms with Gasteiger partial charge >= 0.3 is 5.97 Å². The number of carbonyl (C=O) groups is 2. The van der Waals surface area contributed by atoms with Crippen molar-refractivity contribution >= 4 is 11.9 Å². The molecule has 7 nitrogen and oxygen atoms in total. The SMILES string of the molecule is CCOc1ccc(C(=O)NC(CO)C(=O)O)cc1OCC. The maximum absolute atomic E-state index is 12.0. The first-order chi connectivity index (χ1) is 10.0. The lowest BCUT2D eigenvalue weighted by atomic mass is 10.1. The lowest BCUT2D eigenvalue weighted by molar-refractivity contribution is -0.140. The summed E-state index contributed by atoms with van der Waals surface area (Å²) in [6, 6.07) is 3.21. The number of hydrogen-bond donors (Lipinski definition) is 3. The molecule has 0 heterocycles. The van der Waals surface area contributed by atoms with E-state index in [1.165, 1.54) is 12.1 Å². The van der Waals surface area contributed by atoms with Crippen LogP contribution >= 0.6 is 0 Å². The second-order valence-corrected chi connectivity index (χ2v) is 4.07. The topological polar surface area (TPSA) is 105 Å². The van der Waals surface area contributed by atoms with E-state index in [0.717, 1.165) is 0 Å². The van der Waals surface area contributed by atoms with Crippen LogP contribution in [0.15, 0.2) is 18.2 Å². The lowest BCUT2D eigenvalue weighted by Crippen LogP contribution is -2.43. The van der Waals surface area contributed by atoms with Crippen LogP contribution in [0.1, 0.15) is 24.2 Å². The number of rotatable bonds is 8. The minimum atomic E-state index is -1.35. The minimum Gasteiger partial charge on any atom is -0.490 e. The molecule has 0 bridgehead atoms. The number of ether oxygens (including phenoxy) is 2. The molecule has 1 rings (SSSR count). The summed E-state index contributed by atoms with van der Waals surface area (Å²) in [4.78, 5) is 22.7. The third-order valence-electron chi connectivity index (χ3n) is 2.59. The number of amides is 1. The molecule has 0 saturated carbocycles. The first-order valence-corrected chi connectivity index (χ1v) is 6.57. The summed E-state index contributed by atoms with van der Waals surface area (Å²) in [5.74, 6) is -1.00.